The van der Waals surface area contributed by atoms with Crippen LogP contribution in [0.3, 0.4) is 0 Å². The minimum Gasteiger partial charge on any atom is -0.0656 e. The SMILES string of the molecule is CCC.c1ccc2cccc-2cc1. The van der Waals surface area contributed by atoms with E-state index in [9.17, 15) is 0 Å². The van der Waals surface area contributed by atoms with Crippen molar-refractivity contribution in [2.75, 3.05) is 0 Å². The summed E-state index contributed by atoms with van der Waals surface area (Å²) >= 11 is 0. The van der Waals surface area contributed by atoms with E-state index in [0.717, 1.165) is 0 Å². The molecule has 2 aliphatic carbocycles. The van der Waals surface area contributed by atoms with Gasteiger partial charge < -0.3 is 0 Å². The smallest absolute Gasteiger partial charge is 0.0184 e. The van der Waals surface area contributed by atoms with E-state index in [0.29, 0.717) is 0 Å². The van der Waals surface area contributed by atoms with Gasteiger partial charge in [0.15, 0.2) is 0 Å². The van der Waals surface area contributed by atoms with Crippen LogP contribution in [-0.2, 0) is 0 Å². The van der Waals surface area contributed by atoms with Gasteiger partial charge in [-0.3, -0.25) is 0 Å². The lowest BCUT2D eigenvalue weighted by molar-refractivity contribution is 1.09. The molecule has 0 bridgehead atoms. The minimum atomic E-state index is 1.25. The fourth-order valence-corrected chi connectivity index (χ4v) is 1.13. The molecule has 13 heavy (non-hydrogen) atoms. The molecular weight excluding hydrogens is 156 g/mol. The number of hydrogen-bond acceptors (Lipinski definition) is 0. The number of hydrogen-bond donors (Lipinski definition) is 0. The summed E-state index contributed by atoms with van der Waals surface area (Å²) in [5.74, 6) is 0. The van der Waals surface area contributed by atoms with E-state index in [1.807, 2.05) is 6.07 Å². The lowest BCUT2D eigenvalue weighted by Crippen LogP contribution is -1.59. The Balaban J connectivity index is 0.000000251. The van der Waals surface area contributed by atoms with Gasteiger partial charge in [-0.15, -0.1) is 0 Å². The molecule has 2 aliphatic rings. The van der Waals surface area contributed by atoms with Gasteiger partial charge in [0.05, 0.1) is 0 Å². The molecule has 2 rings (SSSR count). The normalized spacial score (nSPS) is 9.08. The van der Waals surface area contributed by atoms with Gasteiger partial charge in [-0.05, 0) is 11.1 Å². The minimum absolute atomic E-state index is 1.25. The molecular formula is C13H16. The first-order valence-electron chi connectivity index (χ1n) is 4.82. The van der Waals surface area contributed by atoms with Gasteiger partial charge in [-0.25, -0.2) is 0 Å². The van der Waals surface area contributed by atoms with Gasteiger partial charge in [-0.2, -0.15) is 0 Å². The summed E-state index contributed by atoms with van der Waals surface area (Å²) in [6.07, 6.45) is 1.25. The van der Waals surface area contributed by atoms with Crippen LogP contribution in [0.1, 0.15) is 20.3 Å². The molecule has 0 saturated heterocycles. The second kappa shape index (κ2) is 5.36. The van der Waals surface area contributed by atoms with E-state index in [4.69, 9.17) is 0 Å². The highest BCUT2D eigenvalue weighted by Gasteiger charge is 1.94. The molecule has 0 nitrogen and oxygen atoms in total. The van der Waals surface area contributed by atoms with Crippen LogP contribution in [0.2, 0.25) is 0 Å². The molecule has 0 aromatic heterocycles. The largest absolute Gasteiger partial charge is 0.0656 e. The van der Waals surface area contributed by atoms with Gasteiger partial charge in [0.2, 0.25) is 0 Å². The van der Waals surface area contributed by atoms with Crippen molar-refractivity contribution in [1.29, 1.82) is 0 Å². The Morgan fingerprint density at radius 2 is 1.08 bits per heavy atom. The number of rotatable bonds is 0. The topological polar surface area (TPSA) is 0 Å². The monoisotopic (exact) mass is 172 g/mol. The Kier molecular flexibility index (Phi) is 4.04. The summed E-state index contributed by atoms with van der Waals surface area (Å²) in [5.41, 5.74) is 2.62. The summed E-state index contributed by atoms with van der Waals surface area (Å²) in [5, 5.41) is 0. The maximum Gasteiger partial charge on any atom is -0.0184 e. The van der Waals surface area contributed by atoms with Gasteiger partial charge >= 0.3 is 0 Å². The maximum atomic E-state index is 2.12. The summed E-state index contributed by atoms with van der Waals surface area (Å²) in [6.45, 7) is 4.25. The van der Waals surface area contributed by atoms with Crippen molar-refractivity contribution >= 4 is 0 Å². The highest BCUT2D eigenvalue weighted by Crippen LogP contribution is 2.19. The third-order valence-corrected chi connectivity index (χ3v) is 1.66. The quantitative estimate of drug-likeness (QED) is 0.558. The Bertz CT molecular complexity index is 284. The number of fused-ring (bicyclic) bond motifs is 1. The summed E-state index contributed by atoms with van der Waals surface area (Å²) < 4.78 is 0. The molecule has 0 amide bonds. The molecule has 0 aromatic rings. The molecule has 0 aromatic carbocycles. The Morgan fingerprint density at radius 3 is 1.54 bits per heavy atom. The van der Waals surface area contributed by atoms with E-state index in [2.05, 4.69) is 56.3 Å². The Labute approximate surface area is 80.6 Å². The second-order valence-electron chi connectivity index (χ2n) is 3.05. The van der Waals surface area contributed by atoms with Crippen LogP contribution in [0.5, 0.6) is 0 Å². The molecule has 0 heteroatoms. The first kappa shape index (κ1) is 9.79. The van der Waals surface area contributed by atoms with E-state index in [-0.39, 0.29) is 0 Å². The maximum absolute atomic E-state index is 2.12. The van der Waals surface area contributed by atoms with E-state index >= 15 is 0 Å². The molecule has 0 N–H and O–H groups in total. The van der Waals surface area contributed by atoms with Crippen molar-refractivity contribution in [1.82, 2.24) is 0 Å². The highest BCUT2D eigenvalue weighted by molar-refractivity contribution is 5.65. The lowest BCUT2D eigenvalue weighted by Gasteiger charge is -1.85. The third-order valence-electron chi connectivity index (χ3n) is 1.66. The zero-order valence-electron chi connectivity index (χ0n) is 8.33. The van der Waals surface area contributed by atoms with Crippen molar-refractivity contribution in [2.45, 2.75) is 20.3 Å². The predicted octanol–water partition coefficient (Wildman–Crippen LogP) is 4.21. The summed E-state index contributed by atoms with van der Waals surface area (Å²) in [4.78, 5) is 0. The summed E-state index contributed by atoms with van der Waals surface area (Å²) in [6, 6.07) is 16.7. The summed E-state index contributed by atoms with van der Waals surface area (Å²) in [7, 11) is 0. The van der Waals surface area contributed by atoms with Gasteiger partial charge in [0.25, 0.3) is 0 Å². The standard InChI is InChI=1S/C10H8.C3H8/c1-2-5-9-7-4-8-10(9)6-3-1;1-3-2/h1-8H;3H2,1-2H3. The average molecular weight is 172 g/mol. The van der Waals surface area contributed by atoms with E-state index in [1.54, 1.807) is 0 Å². The fourth-order valence-electron chi connectivity index (χ4n) is 1.13. The van der Waals surface area contributed by atoms with Gasteiger partial charge in [0, 0.05) is 0 Å². The zero-order valence-corrected chi connectivity index (χ0v) is 8.33. The molecule has 0 heterocycles. The van der Waals surface area contributed by atoms with Crippen LogP contribution in [0.15, 0.2) is 48.5 Å². The Morgan fingerprint density at radius 1 is 0.692 bits per heavy atom. The van der Waals surface area contributed by atoms with Crippen LogP contribution >= 0.6 is 0 Å². The highest BCUT2D eigenvalue weighted by atomic mass is 14.0. The molecule has 0 saturated carbocycles. The first-order valence-corrected chi connectivity index (χ1v) is 4.82. The van der Waals surface area contributed by atoms with Gasteiger partial charge in [-0.1, -0.05) is 68.8 Å². The van der Waals surface area contributed by atoms with Crippen LogP contribution in [0.4, 0.5) is 0 Å². The van der Waals surface area contributed by atoms with E-state index in [1.165, 1.54) is 17.5 Å². The van der Waals surface area contributed by atoms with Crippen LogP contribution < -0.4 is 0 Å². The van der Waals surface area contributed by atoms with Crippen LogP contribution in [0.25, 0.3) is 11.1 Å². The Hall–Kier alpha value is -1.30. The molecule has 0 unspecified atom stereocenters. The van der Waals surface area contributed by atoms with Gasteiger partial charge in [0.1, 0.15) is 0 Å². The third kappa shape index (κ3) is 2.90. The molecule has 0 fully saturated rings. The van der Waals surface area contributed by atoms with Crippen LogP contribution in [0, 0.1) is 0 Å². The first-order chi connectivity index (χ1) is 6.38. The van der Waals surface area contributed by atoms with Crippen LogP contribution in [-0.4, -0.2) is 0 Å². The molecule has 0 aliphatic heterocycles. The van der Waals surface area contributed by atoms with E-state index < -0.39 is 0 Å². The van der Waals surface area contributed by atoms with Crippen molar-refractivity contribution in [2.24, 2.45) is 0 Å². The lowest BCUT2D eigenvalue weighted by atomic mass is 10.2. The van der Waals surface area contributed by atoms with Crippen molar-refractivity contribution in [3.63, 3.8) is 0 Å². The second-order valence-corrected chi connectivity index (χ2v) is 3.05. The average Bonchev–Trinajstić information content (AvgIpc) is 2.44. The zero-order chi connectivity index (χ0) is 9.52. The molecule has 0 radical (unpaired) electrons. The molecule has 0 spiro atoms. The van der Waals surface area contributed by atoms with Crippen molar-refractivity contribution < 1.29 is 0 Å². The van der Waals surface area contributed by atoms with Crippen molar-refractivity contribution in [3.05, 3.63) is 48.5 Å². The fraction of sp³-hybridized carbons (Fsp3) is 0.231. The van der Waals surface area contributed by atoms with Crippen molar-refractivity contribution in [3.8, 4) is 11.1 Å². The molecule has 0 atom stereocenters. The molecule has 68 valence electrons. The predicted molar refractivity (Wildman–Crippen MR) is 59.0 cm³/mol.